The van der Waals surface area contributed by atoms with E-state index in [9.17, 15) is 0 Å². The van der Waals surface area contributed by atoms with Gasteiger partial charge < -0.3 is 0 Å². The number of hydrogen-bond acceptors (Lipinski definition) is 4. The van der Waals surface area contributed by atoms with E-state index in [-0.39, 0.29) is 5.16 Å². The molecule has 0 radical (unpaired) electrons. The van der Waals surface area contributed by atoms with E-state index >= 15 is 0 Å². The fourth-order valence-corrected chi connectivity index (χ4v) is 116. The minimum absolute atomic E-state index is 0.334. The molecule has 216 valence electrons. The zero-order chi connectivity index (χ0) is 27.1. The molecule has 7 atom stereocenters. The van der Waals surface area contributed by atoms with Crippen molar-refractivity contribution in [3.63, 3.8) is 0 Å². The van der Waals surface area contributed by atoms with Gasteiger partial charge >= 0.3 is 239 Å². The number of hydrogen-bond donors (Lipinski definition) is 0. The van der Waals surface area contributed by atoms with Crippen LogP contribution in [0.1, 0.15) is 64.5 Å². The summed E-state index contributed by atoms with van der Waals surface area (Å²) in [6, 6.07) is 4.04. The van der Waals surface area contributed by atoms with Crippen molar-refractivity contribution in [1.29, 1.82) is 0 Å². The van der Waals surface area contributed by atoms with E-state index in [2.05, 4.69) is 39.3 Å². The summed E-state index contributed by atoms with van der Waals surface area (Å²) in [5.41, 5.74) is 0.968. The molecule has 10 aliphatic heterocycles. The molecule has 4 saturated carbocycles. The molecule has 12 heterocycles. The predicted molar refractivity (Wildman–Crippen MR) is 162 cm³/mol. The van der Waals surface area contributed by atoms with Gasteiger partial charge in [-0.1, -0.05) is 0 Å². The van der Waals surface area contributed by atoms with Crippen molar-refractivity contribution in [2.75, 3.05) is 6.16 Å². The summed E-state index contributed by atoms with van der Waals surface area (Å²) < 4.78 is 1.72. The average molecular weight is 625 g/mol. The summed E-state index contributed by atoms with van der Waals surface area (Å²) in [5, 5.41) is -0.334. The molecule has 10 saturated heterocycles. The summed E-state index contributed by atoms with van der Waals surface area (Å²) in [7, 11) is 7.10. The molecule has 14 fully saturated rings. The first-order valence-electron chi connectivity index (χ1n) is 16.8. The summed E-state index contributed by atoms with van der Waals surface area (Å²) in [4.78, 5) is 28.9. The number of aromatic nitrogens is 4. The van der Waals surface area contributed by atoms with Crippen LogP contribution in [0, 0.1) is 34.5 Å². The third kappa shape index (κ3) is 0.513. The minimum atomic E-state index is -4.40. The van der Waals surface area contributed by atoms with Gasteiger partial charge in [0.05, 0.1) is 0 Å². The molecular formula is C34H42FeN4P2. The third-order valence-electron chi connectivity index (χ3n) is 24.1. The van der Waals surface area contributed by atoms with Crippen molar-refractivity contribution in [1.82, 2.24) is 19.9 Å². The van der Waals surface area contributed by atoms with Gasteiger partial charge in [-0.2, -0.15) is 0 Å². The molecule has 2 aromatic rings. The van der Waals surface area contributed by atoms with Crippen molar-refractivity contribution >= 4 is 18.5 Å². The first-order chi connectivity index (χ1) is 19.5. The van der Waals surface area contributed by atoms with Crippen LogP contribution in [0.15, 0.2) is 36.9 Å². The van der Waals surface area contributed by atoms with Crippen molar-refractivity contribution in [2.45, 2.75) is 105 Å². The third-order valence-corrected chi connectivity index (χ3v) is 70.1. The van der Waals surface area contributed by atoms with Crippen LogP contribution in [-0.4, -0.2) is 26.1 Å². The quantitative estimate of drug-likeness (QED) is 0.248. The van der Waals surface area contributed by atoms with E-state index < -0.39 is 6.51 Å². The van der Waals surface area contributed by atoms with Crippen LogP contribution in [0.25, 0.3) is 0 Å². The summed E-state index contributed by atoms with van der Waals surface area (Å²) >= 11 is 0. The maximum atomic E-state index is 5.22. The maximum absolute atomic E-state index is 5.22. The van der Waals surface area contributed by atoms with Crippen LogP contribution in [0.4, 0.5) is 0 Å². The van der Waals surface area contributed by atoms with Gasteiger partial charge in [0.2, 0.25) is 0 Å². The Morgan fingerprint density at radius 3 is 1.61 bits per heavy atom. The normalized spacial score (nSPS) is 76.0. The standard InChI is InChI=1S/C29H37N4P2.C5H5.Fe/c1-27(2,3)20-15-23(28(17-34)21-11-18-10-19(13-21)14-22(28)12-18)24(16-20)29(35,25-30-6-4-7-31-25)26-32-8-5-9-33-26;1-2-4-5-3-1;/h4-9,15-16,18-19,21-22H,10-14,17,34-35H2,1-3H3;1-5H;. The van der Waals surface area contributed by atoms with E-state index in [0.717, 1.165) is 45.0 Å². The van der Waals surface area contributed by atoms with Gasteiger partial charge in [0, 0.05) is 0 Å². The van der Waals surface area contributed by atoms with Crippen molar-refractivity contribution < 1.29 is 6.51 Å². The van der Waals surface area contributed by atoms with Crippen LogP contribution >= 0.6 is 18.5 Å². The van der Waals surface area contributed by atoms with E-state index in [1.54, 1.807) is 32.1 Å². The van der Waals surface area contributed by atoms with Crippen LogP contribution in [0.5, 0.6) is 0 Å². The Morgan fingerprint density at radius 2 is 1.22 bits per heavy atom. The molecule has 4 bridgehead atoms. The van der Waals surface area contributed by atoms with Crippen LogP contribution in [0.3, 0.4) is 0 Å². The van der Waals surface area contributed by atoms with Crippen LogP contribution in [-0.2, 0) is 11.7 Å². The summed E-state index contributed by atoms with van der Waals surface area (Å²) in [6.45, 7) is 3.77. The molecule has 14 aliphatic rings. The van der Waals surface area contributed by atoms with Gasteiger partial charge in [-0.3, -0.25) is 0 Å². The summed E-state index contributed by atoms with van der Waals surface area (Å²) in [5.74, 6) is 6.09. The van der Waals surface area contributed by atoms with Gasteiger partial charge in [-0.25, -0.2) is 0 Å². The Morgan fingerprint density at radius 1 is 0.756 bits per heavy atom. The Balaban J connectivity index is 1.16. The molecular weight excluding hydrogens is 582 g/mol. The Kier molecular flexibility index (Phi) is 1.66. The van der Waals surface area contributed by atoms with Gasteiger partial charge in [0.25, 0.3) is 0 Å². The molecule has 0 aromatic carbocycles. The second-order valence-electron chi connectivity index (χ2n) is 20.6. The molecule has 4 nitrogen and oxygen atoms in total. The van der Waals surface area contributed by atoms with Gasteiger partial charge in [0.1, 0.15) is 0 Å². The Bertz CT molecular complexity index is 2060. The van der Waals surface area contributed by atoms with E-state index in [1.165, 1.54) is 30.2 Å². The molecule has 16 rings (SSSR count). The van der Waals surface area contributed by atoms with E-state index in [0.29, 0.717) is 23.8 Å². The predicted octanol–water partition coefficient (Wildman–Crippen LogP) is 8.25. The second-order valence-corrected chi connectivity index (χ2v) is 44.7. The van der Waals surface area contributed by atoms with Gasteiger partial charge in [0.15, 0.2) is 0 Å². The zero-order valence-electron chi connectivity index (χ0n) is 24.4. The molecule has 0 amide bonds. The van der Waals surface area contributed by atoms with Gasteiger partial charge in [-0.15, -0.1) is 0 Å². The molecule has 1 spiro atoms. The second kappa shape index (κ2) is 3.20. The Labute approximate surface area is 237 Å². The average Bonchev–Trinajstić information content (AvgIpc) is 3.91. The van der Waals surface area contributed by atoms with E-state index in [1.807, 2.05) is 36.9 Å². The van der Waals surface area contributed by atoms with Gasteiger partial charge in [-0.05, 0) is 0 Å². The number of nitrogens with zero attached hydrogens (tertiary/aromatic N) is 4. The van der Waals surface area contributed by atoms with Crippen molar-refractivity contribution in [3.8, 4) is 0 Å². The van der Waals surface area contributed by atoms with E-state index in [4.69, 9.17) is 19.9 Å². The Hall–Kier alpha value is -0.461. The summed E-state index contributed by atoms with van der Waals surface area (Å²) in [6.07, 6.45) is 17.2. The monoisotopic (exact) mass is 624 g/mol. The van der Waals surface area contributed by atoms with Crippen LogP contribution in [0.2, 0.25) is 46.7 Å². The molecule has 2 aromatic heterocycles. The fourth-order valence-electron chi connectivity index (χ4n) is 28.0. The SMILES string of the molecule is CC(C)(C)[C]12[CH]3[C]4(C(P)(c5ncccn5)c5ncccn5)[C]5(C6(CP)C7CC8CC(C7)CC6C8)[CH]1[Fe]32451678[CH]2[CH]1[CH]6[CH]7[CH]28. The molecule has 7 unspecified atom stereocenters. The van der Waals surface area contributed by atoms with Crippen LogP contribution < -0.4 is 0 Å². The molecule has 4 aliphatic carbocycles. The van der Waals surface area contributed by atoms with Crippen molar-refractivity contribution in [3.05, 3.63) is 48.6 Å². The zero-order valence-corrected chi connectivity index (χ0v) is 27.8. The molecule has 7 heteroatoms. The first-order valence-corrected chi connectivity index (χ1v) is 24.3. The first kappa shape index (κ1) is 21.3. The molecule has 41 heavy (non-hydrogen) atoms. The topological polar surface area (TPSA) is 51.6 Å². The number of fused-ring (bicyclic) bond motifs is 11. The van der Waals surface area contributed by atoms with Crippen molar-refractivity contribution in [2.24, 2.45) is 34.5 Å². The number of rotatable bonds is 5. The fraction of sp³-hybridized carbons (Fsp3) is 0.765. The molecule has 0 N–H and O–H groups in total.